The van der Waals surface area contributed by atoms with Gasteiger partial charge in [-0.05, 0) is 31.9 Å². The molecule has 1 aromatic rings. The molecule has 0 radical (unpaired) electrons. The molecule has 1 atom stereocenters. The fraction of sp³-hybridized carbons (Fsp3) is 0.571. The van der Waals surface area contributed by atoms with E-state index in [2.05, 4.69) is 12.2 Å². The first-order valence-corrected chi connectivity index (χ1v) is 6.77. The van der Waals surface area contributed by atoms with Gasteiger partial charge in [-0.15, -0.1) is 0 Å². The van der Waals surface area contributed by atoms with Crippen molar-refractivity contribution in [1.82, 2.24) is 5.32 Å². The minimum atomic E-state index is -0.711. The monoisotopic (exact) mass is 284 g/mol. The highest BCUT2D eigenvalue weighted by atomic mass is 19.1. The van der Waals surface area contributed by atoms with Crippen molar-refractivity contribution in [3.63, 3.8) is 0 Å². The number of methoxy groups -OCH3 is 1. The van der Waals surface area contributed by atoms with Crippen molar-refractivity contribution >= 4 is 5.69 Å². The lowest BCUT2D eigenvalue weighted by molar-refractivity contribution is -0.385. The van der Waals surface area contributed by atoms with Gasteiger partial charge >= 0.3 is 0 Å². The van der Waals surface area contributed by atoms with Gasteiger partial charge in [0.25, 0.3) is 5.69 Å². The molecular formula is C14H21FN2O3. The van der Waals surface area contributed by atoms with Gasteiger partial charge < -0.3 is 10.1 Å². The first kappa shape index (κ1) is 16.4. The van der Waals surface area contributed by atoms with E-state index in [9.17, 15) is 14.5 Å². The quantitative estimate of drug-likeness (QED) is 0.588. The maximum Gasteiger partial charge on any atom is 0.275 e. The summed E-state index contributed by atoms with van der Waals surface area (Å²) in [5, 5.41) is 14.4. The van der Waals surface area contributed by atoms with Crippen LogP contribution < -0.4 is 10.1 Å². The van der Waals surface area contributed by atoms with Gasteiger partial charge in [-0.25, -0.2) is 4.39 Å². The lowest BCUT2D eigenvalue weighted by Crippen LogP contribution is -2.31. The molecule has 0 amide bonds. The third-order valence-electron chi connectivity index (χ3n) is 3.19. The third kappa shape index (κ3) is 4.16. The maximum absolute atomic E-state index is 13.6. The lowest BCUT2D eigenvalue weighted by Gasteiger charge is -2.17. The molecule has 0 saturated carbocycles. The van der Waals surface area contributed by atoms with Gasteiger partial charge in [-0.2, -0.15) is 0 Å². The Morgan fingerprint density at radius 1 is 1.45 bits per heavy atom. The second kappa shape index (κ2) is 7.79. The van der Waals surface area contributed by atoms with Crippen molar-refractivity contribution in [1.29, 1.82) is 0 Å². The standard InChI is InChI=1S/C14H21FN2O3/c1-4-6-16-11(5-2)7-10-8-14(20-3)12(15)9-13(10)17(18)19/h8-9,11,16H,4-7H2,1-3H3. The minimum absolute atomic E-state index is 0.0379. The van der Waals surface area contributed by atoms with Gasteiger partial charge in [0.05, 0.1) is 18.1 Å². The minimum Gasteiger partial charge on any atom is -0.494 e. The van der Waals surface area contributed by atoms with Gasteiger partial charge in [-0.1, -0.05) is 13.8 Å². The number of ether oxygens (including phenoxy) is 1. The van der Waals surface area contributed by atoms with Crippen LogP contribution >= 0.6 is 0 Å². The molecule has 0 fully saturated rings. The zero-order valence-electron chi connectivity index (χ0n) is 12.1. The normalized spacial score (nSPS) is 12.2. The van der Waals surface area contributed by atoms with Crippen molar-refractivity contribution in [3.8, 4) is 5.75 Å². The van der Waals surface area contributed by atoms with Crippen molar-refractivity contribution in [3.05, 3.63) is 33.6 Å². The van der Waals surface area contributed by atoms with Crippen LogP contribution in [0.4, 0.5) is 10.1 Å². The molecule has 1 rings (SSSR count). The molecule has 0 aliphatic rings. The third-order valence-corrected chi connectivity index (χ3v) is 3.19. The van der Waals surface area contributed by atoms with Gasteiger partial charge in [0.15, 0.2) is 11.6 Å². The Morgan fingerprint density at radius 3 is 2.65 bits per heavy atom. The molecule has 0 aliphatic heterocycles. The molecule has 0 spiro atoms. The van der Waals surface area contributed by atoms with Crippen LogP contribution in [0.15, 0.2) is 12.1 Å². The smallest absolute Gasteiger partial charge is 0.275 e. The predicted octanol–water partition coefficient (Wildman–Crippen LogP) is 3.06. The zero-order chi connectivity index (χ0) is 15.1. The fourth-order valence-electron chi connectivity index (χ4n) is 2.05. The number of nitrogens with zero attached hydrogens (tertiary/aromatic N) is 1. The number of nitro groups is 1. The Hall–Kier alpha value is -1.69. The molecule has 0 saturated heterocycles. The molecule has 20 heavy (non-hydrogen) atoms. The number of halogens is 1. The van der Waals surface area contributed by atoms with Crippen LogP contribution in [0, 0.1) is 15.9 Å². The van der Waals surface area contributed by atoms with Crippen molar-refractivity contribution < 1.29 is 14.1 Å². The van der Waals surface area contributed by atoms with Gasteiger partial charge in [0.2, 0.25) is 0 Å². The van der Waals surface area contributed by atoms with Crippen LogP contribution in [0.1, 0.15) is 32.3 Å². The van der Waals surface area contributed by atoms with E-state index in [1.807, 2.05) is 6.92 Å². The molecule has 1 N–H and O–H groups in total. The molecule has 5 nitrogen and oxygen atoms in total. The second-order valence-electron chi connectivity index (χ2n) is 4.64. The first-order valence-electron chi connectivity index (χ1n) is 6.77. The topological polar surface area (TPSA) is 64.4 Å². The summed E-state index contributed by atoms with van der Waals surface area (Å²) in [5.41, 5.74) is 0.295. The fourth-order valence-corrected chi connectivity index (χ4v) is 2.05. The molecule has 0 aliphatic carbocycles. The Kier molecular flexibility index (Phi) is 6.38. The van der Waals surface area contributed by atoms with Crippen LogP contribution in [0.25, 0.3) is 0 Å². The second-order valence-corrected chi connectivity index (χ2v) is 4.64. The number of rotatable bonds is 8. The van der Waals surface area contributed by atoms with Crippen molar-refractivity contribution in [2.24, 2.45) is 0 Å². The van der Waals surface area contributed by atoms with E-state index in [0.29, 0.717) is 12.0 Å². The number of nitrogens with one attached hydrogen (secondary N) is 1. The Morgan fingerprint density at radius 2 is 2.15 bits per heavy atom. The van der Waals surface area contributed by atoms with E-state index >= 15 is 0 Å². The summed E-state index contributed by atoms with van der Waals surface area (Å²) in [5.74, 6) is -0.673. The lowest BCUT2D eigenvalue weighted by atomic mass is 10.0. The highest BCUT2D eigenvalue weighted by Gasteiger charge is 2.21. The summed E-state index contributed by atoms with van der Waals surface area (Å²) >= 11 is 0. The molecule has 6 heteroatoms. The van der Waals surface area contributed by atoms with Gasteiger partial charge in [-0.3, -0.25) is 10.1 Å². The summed E-state index contributed by atoms with van der Waals surface area (Å²) in [6.07, 6.45) is 2.31. The number of nitro benzene ring substituents is 1. The van der Waals surface area contributed by atoms with E-state index in [-0.39, 0.29) is 17.5 Å². The highest BCUT2D eigenvalue weighted by Crippen LogP contribution is 2.28. The molecular weight excluding hydrogens is 263 g/mol. The van der Waals surface area contributed by atoms with E-state index < -0.39 is 10.7 Å². The first-order chi connectivity index (χ1) is 9.53. The molecule has 1 unspecified atom stereocenters. The molecule has 0 aromatic heterocycles. The average Bonchev–Trinajstić information content (AvgIpc) is 2.44. The summed E-state index contributed by atoms with van der Waals surface area (Å²) in [7, 11) is 1.35. The van der Waals surface area contributed by atoms with E-state index in [0.717, 1.165) is 25.5 Å². The Bertz CT molecular complexity index is 466. The largest absolute Gasteiger partial charge is 0.494 e. The summed E-state index contributed by atoms with van der Waals surface area (Å²) in [4.78, 5) is 10.5. The SMILES string of the molecule is CCCNC(CC)Cc1cc(OC)c(F)cc1[N+](=O)[O-]. The molecule has 0 bridgehead atoms. The van der Waals surface area contributed by atoms with Crippen LogP contribution in [-0.2, 0) is 6.42 Å². The molecule has 112 valence electrons. The van der Waals surface area contributed by atoms with E-state index in [1.165, 1.54) is 13.2 Å². The highest BCUT2D eigenvalue weighted by molar-refractivity contribution is 5.46. The van der Waals surface area contributed by atoms with Gasteiger partial charge in [0, 0.05) is 11.6 Å². The van der Waals surface area contributed by atoms with Crippen LogP contribution in [0.5, 0.6) is 5.75 Å². The number of hydrogen-bond acceptors (Lipinski definition) is 4. The Balaban J connectivity index is 3.04. The van der Waals surface area contributed by atoms with Crippen LogP contribution in [-0.4, -0.2) is 24.6 Å². The zero-order valence-corrected chi connectivity index (χ0v) is 12.1. The van der Waals surface area contributed by atoms with Crippen LogP contribution in [0.2, 0.25) is 0 Å². The van der Waals surface area contributed by atoms with Gasteiger partial charge in [0.1, 0.15) is 0 Å². The van der Waals surface area contributed by atoms with E-state index in [4.69, 9.17) is 4.74 Å². The maximum atomic E-state index is 13.6. The summed E-state index contributed by atoms with van der Waals surface area (Å²) < 4.78 is 18.5. The predicted molar refractivity (Wildman–Crippen MR) is 75.7 cm³/mol. The number of benzene rings is 1. The van der Waals surface area contributed by atoms with Crippen molar-refractivity contribution in [2.75, 3.05) is 13.7 Å². The van der Waals surface area contributed by atoms with Crippen molar-refractivity contribution in [2.45, 2.75) is 39.2 Å². The summed E-state index contributed by atoms with van der Waals surface area (Å²) in [6, 6.07) is 2.48. The molecule has 0 heterocycles. The van der Waals surface area contributed by atoms with Crippen LogP contribution in [0.3, 0.4) is 0 Å². The Labute approximate surface area is 118 Å². The average molecular weight is 284 g/mol. The summed E-state index contributed by atoms with van der Waals surface area (Å²) in [6.45, 7) is 4.92. The van der Waals surface area contributed by atoms with E-state index in [1.54, 1.807) is 0 Å². The number of hydrogen-bond donors (Lipinski definition) is 1. The molecule has 1 aromatic carbocycles.